The normalized spacial score (nSPS) is 10.4. The number of carbonyl (C=O) groups excluding carboxylic acids is 1. The van der Waals surface area contributed by atoms with Gasteiger partial charge >= 0.3 is 0 Å². The van der Waals surface area contributed by atoms with Crippen molar-refractivity contribution in [2.45, 2.75) is 13.0 Å². The Labute approximate surface area is 151 Å². The van der Waals surface area contributed by atoms with Gasteiger partial charge in [-0.05, 0) is 53.6 Å². The van der Waals surface area contributed by atoms with Crippen molar-refractivity contribution in [3.63, 3.8) is 0 Å². The lowest BCUT2D eigenvalue weighted by Gasteiger charge is -2.23. The third-order valence-corrected chi connectivity index (χ3v) is 4.02. The van der Waals surface area contributed by atoms with Gasteiger partial charge in [-0.2, -0.15) is 0 Å². The molecule has 0 N–H and O–H groups in total. The number of ether oxygens (including phenoxy) is 1. The molecule has 26 heavy (non-hydrogen) atoms. The van der Waals surface area contributed by atoms with Crippen molar-refractivity contribution in [2.24, 2.45) is 0 Å². The minimum absolute atomic E-state index is 0.0781. The Morgan fingerprint density at radius 2 is 1.77 bits per heavy atom. The predicted molar refractivity (Wildman–Crippen MR) is 98.5 cm³/mol. The van der Waals surface area contributed by atoms with Crippen LogP contribution >= 0.6 is 0 Å². The monoisotopic (exact) mass is 350 g/mol. The average molecular weight is 350 g/mol. The summed E-state index contributed by atoms with van der Waals surface area (Å²) in [5.74, 6) is 0.329. The number of hydrogen-bond donors (Lipinski definition) is 0. The molecule has 1 heterocycles. The summed E-state index contributed by atoms with van der Waals surface area (Å²) in [5, 5.41) is 0. The fourth-order valence-electron chi connectivity index (χ4n) is 2.63. The second-order valence-corrected chi connectivity index (χ2v) is 5.84. The number of anilines is 1. The molecule has 1 amide bonds. The van der Waals surface area contributed by atoms with Crippen molar-refractivity contribution in [3.05, 3.63) is 90.0 Å². The number of carbonyl (C=O) groups is 1. The summed E-state index contributed by atoms with van der Waals surface area (Å²) in [5.41, 5.74) is 2.46. The molecule has 0 spiro atoms. The van der Waals surface area contributed by atoms with E-state index in [1.54, 1.807) is 36.5 Å². The van der Waals surface area contributed by atoms with E-state index in [9.17, 15) is 9.18 Å². The Balaban J connectivity index is 1.85. The smallest absolute Gasteiger partial charge is 0.231 e. The SMILES string of the molecule is COc1ccc(N(Cc2cccnc2)C(=O)Cc2ccc(F)cc2)cc1. The molecule has 2 aromatic carbocycles. The largest absolute Gasteiger partial charge is 0.497 e. The van der Waals surface area contributed by atoms with Crippen molar-refractivity contribution in [1.29, 1.82) is 0 Å². The number of nitrogens with zero attached hydrogens (tertiary/aromatic N) is 2. The van der Waals surface area contributed by atoms with Gasteiger partial charge in [-0.25, -0.2) is 4.39 Å². The van der Waals surface area contributed by atoms with Crippen LogP contribution in [0.1, 0.15) is 11.1 Å². The Hall–Kier alpha value is -3.21. The van der Waals surface area contributed by atoms with Crippen molar-refractivity contribution >= 4 is 11.6 Å². The van der Waals surface area contributed by atoms with Crippen molar-refractivity contribution in [3.8, 4) is 5.75 Å². The van der Waals surface area contributed by atoms with Gasteiger partial charge in [-0.1, -0.05) is 18.2 Å². The lowest BCUT2D eigenvalue weighted by Crippen LogP contribution is -2.31. The highest BCUT2D eigenvalue weighted by atomic mass is 19.1. The van der Waals surface area contributed by atoms with Gasteiger partial charge in [0.15, 0.2) is 0 Å². The Morgan fingerprint density at radius 3 is 2.38 bits per heavy atom. The molecule has 0 aliphatic carbocycles. The molecule has 3 rings (SSSR count). The van der Waals surface area contributed by atoms with Gasteiger partial charge in [0.2, 0.25) is 5.91 Å². The maximum absolute atomic E-state index is 13.1. The van der Waals surface area contributed by atoms with Gasteiger partial charge in [-0.3, -0.25) is 9.78 Å². The number of amides is 1. The third kappa shape index (κ3) is 4.45. The summed E-state index contributed by atoms with van der Waals surface area (Å²) >= 11 is 0. The Bertz CT molecular complexity index is 849. The van der Waals surface area contributed by atoms with E-state index in [1.807, 2.05) is 36.4 Å². The molecule has 3 aromatic rings. The Morgan fingerprint density at radius 1 is 1.04 bits per heavy atom. The fourth-order valence-corrected chi connectivity index (χ4v) is 2.63. The van der Waals surface area contributed by atoms with E-state index in [4.69, 9.17) is 4.74 Å². The van der Waals surface area contributed by atoms with Crippen LogP contribution < -0.4 is 9.64 Å². The molecule has 0 unspecified atom stereocenters. The van der Waals surface area contributed by atoms with Gasteiger partial charge in [0.25, 0.3) is 0 Å². The number of pyridine rings is 1. The van der Waals surface area contributed by atoms with Gasteiger partial charge in [-0.15, -0.1) is 0 Å². The summed E-state index contributed by atoms with van der Waals surface area (Å²) in [4.78, 5) is 18.7. The zero-order valence-corrected chi connectivity index (χ0v) is 14.4. The molecular weight excluding hydrogens is 331 g/mol. The van der Waals surface area contributed by atoms with Gasteiger partial charge in [0, 0.05) is 18.1 Å². The van der Waals surface area contributed by atoms with E-state index >= 15 is 0 Å². The van der Waals surface area contributed by atoms with Crippen LogP contribution in [0.15, 0.2) is 73.1 Å². The van der Waals surface area contributed by atoms with Crippen molar-refractivity contribution < 1.29 is 13.9 Å². The summed E-state index contributed by atoms with van der Waals surface area (Å²) < 4.78 is 18.3. The highest BCUT2D eigenvalue weighted by Crippen LogP contribution is 2.22. The standard InChI is InChI=1S/C21H19FN2O2/c1-26-20-10-8-19(9-11-20)24(15-17-3-2-12-23-14-17)21(25)13-16-4-6-18(22)7-5-16/h2-12,14H,13,15H2,1H3. The van der Waals surface area contributed by atoms with Crippen molar-refractivity contribution in [1.82, 2.24) is 4.98 Å². The lowest BCUT2D eigenvalue weighted by atomic mass is 10.1. The number of benzene rings is 2. The summed E-state index contributed by atoms with van der Waals surface area (Å²) in [6.45, 7) is 0.403. The van der Waals surface area contributed by atoms with Crippen LogP contribution in [0.2, 0.25) is 0 Å². The third-order valence-electron chi connectivity index (χ3n) is 4.02. The van der Waals surface area contributed by atoms with E-state index in [0.29, 0.717) is 6.54 Å². The van der Waals surface area contributed by atoms with Gasteiger partial charge in [0.1, 0.15) is 11.6 Å². The summed E-state index contributed by atoms with van der Waals surface area (Å²) in [7, 11) is 1.60. The Kier molecular flexibility index (Phi) is 5.59. The molecule has 0 atom stereocenters. The van der Waals surface area contributed by atoms with Crippen LogP contribution in [0.4, 0.5) is 10.1 Å². The van der Waals surface area contributed by atoms with E-state index in [0.717, 1.165) is 22.6 Å². The molecule has 132 valence electrons. The van der Waals surface area contributed by atoms with E-state index < -0.39 is 0 Å². The number of halogens is 1. The topological polar surface area (TPSA) is 42.4 Å². The quantitative estimate of drug-likeness (QED) is 0.675. The second kappa shape index (κ2) is 8.25. The number of rotatable bonds is 6. The van der Waals surface area contributed by atoms with Crippen LogP contribution in [0.5, 0.6) is 5.75 Å². The van der Waals surface area contributed by atoms with Crippen molar-refractivity contribution in [2.75, 3.05) is 12.0 Å². The van der Waals surface area contributed by atoms with Crippen LogP contribution in [-0.4, -0.2) is 18.0 Å². The van der Waals surface area contributed by atoms with Crippen LogP contribution in [0.25, 0.3) is 0 Å². The maximum atomic E-state index is 13.1. The molecule has 0 radical (unpaired) electrons. The van der Waals surface area contributed by atoms with Crippen LogP contribution in [-0.2, 0) is 17.8 Å². The molecule has 4 nitrogen and oxygen atoms in total. The summed E-state index contributed by atoms with van der Waals surface area (Å²) in [6, 6.07) is 17.1. The average Bonchev–Trinajstić information content (AvgIpc) is 2.69. The first-order valence-electron chi connectivity index (χ1n) is 8.23. The van der Waals surface area contributed by atoms with Crippen LogP contribution in [0.3, 0.4) is 0 Å². The predicted octanol–water partition coefficient (Wildman–Crippen LogP) is 4.01. The first-order chi connectivity index (χ1) is 12.7. The zero-order chi connectivity index (χ0) is 18.4. The van der Waals surface area contributed by atoms with E-state index in [1.165, 1.54) is 12.1 Å². The molecule has 0 aliphatic rings. The second-order valence-electron chi connectivity index (χ2n) is 5.84. The summed E-state index contributed by atoms with van der Waals surface area (Å²) in [6.07, 6.45) is 3.62. The van der Waals surface area contributed by atoms with Gasteiger partial charge < -0.3 is 9.64 Å². The van der Waals surface area contributed by atoms with Crippen LogP contribution in [0, 0.1) is 5.82 Å². The molecule has 1 aromatic heterocycles. The minimum Gasteiger partial charge on any atom is -0.497 e. The molecule has 0 aliphatic heterocycles. The number of aromatic nitrogens is 1. The highest BCUT2D eigenvalue weighted by molar-refractivity contribution is 5.94. The fraction of sp³-hybridized carbons (Fsp3) is 0.143. The molecule has 0 bridgehead atoms. The molecule has 0 saturated carbocycles. The molecule has 0 fully saturated rings. The molecule has 5 heteroatoms. The molecular formula is C21H19FN2O2. The molecule has 0 saturated heterocycles. The number of methoxy groups -OCH3 is 1. The van der Waals surface area contributed by atoms with E-state index in [2.05, 4.69) is 4.98 Å². The van der Waals surface area contributed by atoms with E-state index in [-0.39, 0.29) is 18.1 Å². The highest BCUT2D eigenvalue weighted by Gasteiger charge is 2.17. The lowest BCUT2D eigenvalue weighted by molar-refractivity contribution is -0.118. The minimum atomic E-state index is -0.316. The maximum Gasteiger partial charge on any atom is 0.231 e. The zero-order valence-electron chi connectivity index (χ0n) is 14.4. The van der Waals surface area contributed by atoms with Gasteiger partial charge in [0.05, 0.1) is 20.1 Å². The first-order valence-corrected chi connectivity index (χ1v) is 8.23. The first kappa shape index (κ1) is 17.6. The number of hydrogen-bond acceptors (Lipinski definition) is 3.